The minimum Gasteiger partial charge on any atom is -0.325 e. The van der Waals surface area contributed by atoms with Crippen molar-refractivity contribution in [2.75, 3.05) is 5.32 Å². The van der Waals surface area contributed by atoms with Crippen LogP contribution in [0, 0.1) is 0 Å². The van der Waals surface area contributed by atoms with Gasteiger partial charge in [0.2, 0.25) is 11.7 Å². The smallest absolute Gasteiger partial charge is 0.325 e. The van der Waals surface area contributed by atoms with E-state index in [2.05, 4.69) is 20.5 Å². The zero-order chi connectivity index (χ0) is 23.0. The molecule has 0 bridgehead atoms. The first kappa shape index (κ1) is 21.1. The number of imidazole rings is 1. The fourth-order valence-electron chi connectivity index (χ4n) is 3.51. The van der Waals surface area contributed by atoms with Crippen LogP contribution in [0.25, 0.3) is 16.8 Å². The van der Waals surface area contributed by atoms with Crippen LogP contribution < -0.4 is 5.32 Å². The lowest BCUT2D eigenvalue weighted by molar-refractivity contribution is -0.137. The summed E-state index contributed by atoms with van der Waals surface area (Å²) in [5, 5.41) is 9.55. The third-order valence-electron chi connectivity index (χ3n) is 5.02. The number of aromatic amines is 1. The predicted octanol–water partition coefficient (Wildman–Crippen LogP) is 5.70. The molecule has 10 heteroatoms. The van der Waals surface area contributed by atoms with Gasteiger partial charge in [-0.15, -0.1) is 5.10 Å². The Morgan fingerprint density at radius 2 is 1.76 bits per heavy atom. The Morgan fingerprint density at radius 1 is 1.00 bits per heavy atom. The summed E-state index contributed by atoms with van der Waals surface area (Å²) in [7, 11) is 0. The van der Waals surface area contributed by atoms with E-state index in [1.807, 2.05) is 34.7 Å². The number of thioether (sulfide) groups is 1. The zero-order valence-corrected chi connectivity index (χ0v) is 17.7. The number of rotatable bonds is 5. The van der Waals surface area contributed by atoms with Crippen molar-refractivity contribution in [1.82, 2.24) is 19.6 Å². The summed E-state index contributed by atoms with van der Waals surface area (Å²) in [5.41, 5.74) is 1.53. The Kier molecular flexibility index (Phi) is 5.29. The van der Waals surface area contributed by atoms with Gasteiger partial charge < -0.3 is 5.32 Å². The van der Waals surface area contributed by atoms with Gasteiger partial charge in [-0.3, -0.25) is 9.20 Å². The van der Waals surface area contributed by atoms with Gasteiger partial charge in [0, 0.05) is 5.69 Å². The van der Waals surface area contributed by atoms with E-state index in [0.29, 0.717) is 16.5 Å². The maximum atomic E-state index is 13.3. The molecule has 166 valence electrons. The molecule has 0 saturated heterocycles. The number of amides is 1. The summed E-state index contributed by atoms with van der Waals surface area (Å²) in [6, 6.07) is 21.1. The Bertz CT molecular complexity index is 1450. The molecule has 0 fully saturated rings. The van der Waals surface area contributed by atoms with E-state index in [1.165, 1.54) is 23.9 Å². The van der Waals surface area contributed by atoms with Crippen LogP contribution in [0.4, 0.5) is 18.9 Å². The van der Waals surface area contributed by atoms with E-state index >= 15 is 0 Å². The number of hydrogen-bond acceptors (Lipinski definition) is 4. The van der Waals surface area contributed by atoms with Gasteiger partial charge in [-0.05, 0) is 35.9 Å². The lowest BCUT2D eigenvalue weighted by Gasteiger charge is -2.17. The molecule has 33 heavy (non-hydrogen) atoms. The van der Waals surface area contributed by atoms with Gasteiger partial charge in [-0.25, -0.2) is 10.1 Å². The van der Waals surface area contributed by atoms with Crippen molar-refractivity contribution in [2.24, 2.45) is 0 Å². The molecule has 5 aromatic rings. The maximum Gasteiger partial charge on any atom is 0.416 e. The SMILES string of the molecule is O=C(Nc1cccc(C(F)(F)F)c1)C(Sc1n[nH]c2nc3ccccc3n12)c1ccccc1. The van der Waals surface area contributed by atoms with Crippen LogP contribution in [0.15, 0.2) is 84.0 Å². The number of halogens is 3. The molecule has 1 atom stereocenters. The average molecular weight is 467 g/mol. The Hall–Kier alpha value is -3.79. The second-order valence-corrected chi connectivity index (χ2v) is 8.31. The van der Waals surface area contributed by atoms with Gasteiger partial charge in [-0.2, -0.15) is 13.2 Å². The fourth-order valence-corrected chi connectivity index (χ4v) is 4.57. The second kappa shape index (κ2) is 8.28. The molecule has 6 nitrogen and oxygen atoms in total. The average Bonchev–Trinajstić information content (AvgIpc) is 3.37. The van der Waals surface area contributed by atoms with E-state index in [0.717, 1.165) is 23.2 Å². The number of hydrogen-bond donors (Lipinski definition) is 2. The highest BCUT2D eigenvalue weighted by atomic mass is 32.2. The van der Waals surface area contributed by atoms with Crippen molar-refractivity contribution in [2.45, 2.75) is 16.6 Å². The predicted molar refractivity (Wildman–Crippen MR) is 120 cm³/mol. The largest absolute Gasteiger partial charge is 0.416 e. The standard InChI is InChI=1S/C23H16F3N5OS/c24-23(25,26)15-9-6-10-16(13-15)27-20(32)19(14-7-2-1-3-8-14)33-22-30-29-21-28-17-11-4-5-12-18(17)31(21)22/h1-13,19H,(H,27,32)(H,28,29). The molecule has 0 aliphatic heterocycles. The molecule has 1 amide bonds. The van der Waals surface area contributed by atoms with Gasteiger partial charge in [-0.1, -0.05) is 60.3 Å². The van der Waals surface area contributed by atoms with Crippen LogP contribution >= 0.6 is 11.8 Å². The molecule has 2 aromatic heterocycles. The number of H-pyrrole nitrogens is 1. The number of alkyl halides is 3. The topological polar surface area (TPSA) is 75.1 Å². The molecule has 2 heterocycles. The summed E-state index contributed by atoms with van der Waals surface area (Å²) in [6.07, 6.45) is -4.50. The van der Waals surface area contributed by atoms with Crippen molar-refractivity contribution >= 4 is 40.2 Å². The van der Waals surface area contributed by atoms with Gasteiger partial charge >= 0.3 is 6.18 Å². The van der Waals surface area contributed by atoms with Crippen LogP contribution in [-0.4, -0.2) is 25.5 Å². The number of nitrogens with zero attached hydrogens (tertiary/aromatic N) is 3. The monoisotopic (exact) mass is 467 g/mol. The van der Waals surface area contributed by atoms with E-state index in [9.17, 15) is 18.0 Å². The van der Waals surface area contributed by atoms with E-state index in [4.69, 9.17) is 0 Å². The van der Waals surface area contributed by atoms with Crippen LogP contribution in [0.1, 0.15) is 16.4 Å². The molecular formula is C23H16F3N5OS. The quantitative estimate of drug-likeness (QED) is 0.325. The van der Waals surface area contributed by atoms with Crippen molar-refractivity contribution in [3.05, 3.63) is 90.0 Å². The minimum absolute atomic E-state index is 0.0663. The fraction of sp³-hybridized carbons (Fsp3) is 0.0870. The molecular weight excluding hydrogens is 451 g/mol. The number of aromatic nitrogens is 4. The number of fused-ring (bicyclic) bond motifs is 3. The van der Waals surface area contributed by atoms with E-state index in [-0.39, 0.29) is 5.69 Å². The molecule has 5 rings (SSSR count). The second-order valence-electron chi connectivity index (χ2n) is 7.24. The van der Waals surface area contributed by atoms with Crippen molar-refractivity contribution < 1.29 is 18.0 Å². The molecule has 0 spiro atoms. The molecule has 3 aromatic carbocycles. The summed E-state index contributed by atoms with van der Waals surface area (Å²) < 4.78 is 41.1. The number of carbonyl (C=O) groups is 1. The van der Waals surface area contributed by atoms with Crippen LogP contribution in [0.3, 0.4) is 0 Å². The lowest BCUT2D eigenvalue weighted by Crippen LogP contribution is -2.19. The maximum absolute atomic E-state index is 13.3. The van der Waals surface area contributed by atoms with Gasteiger partial charge in [0.15, 0.2) is 5.16 Å². The zero-order valence-electron chi connectivity index (χ0n) is 16.9. The van der Waals surface area contributed by atoms with Crippen molar-refractivity contribution in [1.29, 1.82) is 0 Å². The highest BCUT2D eigenvalue weighted by molar-refractivity contribution is 8.00. The number of benzene rings is 3. The van der Waals surface area contributed by atoms with Crippen LogP contribution in [0.5, 0.6) is 0 Å². The molecule has 0 saturated carbocycles. The third kappa shape index (κ3) is 4.17. The van der Waals surface area contributed by atoms with E-state index in [1.54, 1.807) is 24.3 Å². The van der Waals surface area contributed by atoms with Gasteiger partial charge in [0.25, 0.3) is 0 Å². The first-order valence-corrected chi connectivity index (χ1v) is 10.8. The van der Waals surface area contributed by atoms with Gasteiger partial charge in [0.05, 0.1) is 16.6 Å². The number of carbonyl (C=O) groups excluding carboxylic acids is 1. The van der Waals surface area contributed by atoms with E-state index < -0.39 is 22.9 Å². The number of nitrogens with one attached hydrogen (secondary N) is 2. The lowest BCUT2D eigenvalue weighted by atomic mass is 10.1. The summed E-state index contributed by atoms with van der Waals surface area (Å²) in [4.78, 5) is 17.7. The summed E-state index contributed by atoms with van der Waals surface area (Å²) in [5.74, 6) is 0.0647. The van der Waals surface area contributed by atoms with Crippen LogP contribution in [0.2, 0.25) is 0 Å². The molecule has 2 N–H and O–H groups in total. The normalized spacial score (nSPS) is 12.8. The Balaban J connectivity index is 1.50. The number of para-hydroxylation sites is 2. The molecule has 0 aliphatic carbocycles. The van der Waals surface area contributed by atoms with Crippen LogP contribution in [-0.2, 0) is 11.0 Å². The van der Waals surface area contributed by atoms with Crippen molar-refractivity contribution in [3.8, 4) is 0 Å². The highest BCUT2D eigenvalue weighted by Gasteiger charge is 2.31. The highest BCUT2D eigenvalue weighted by Crippen LogP contribution is 2.37. The summed E-state index contributed by atoms with van der Waals surface area (Å²) >= 11 is 1.18. The minimum atomic E-state index is -4.50. The van der Waals surface area contributed by atoms with Crippen molar-refractivity contribution in [3.63, 3.8) is 0 Å². The Labute approximate surface area is 189 Å². The first-order chi connectivity index (χ1) is 15.9. The van der Waals surface area contributed by atoms with Gasteiger partial charge in [0.1, 0.15) is 5.25 Å². The first-order valence-electron chi connectivity index (χ1n) is 9.91. The molecule has 0 aliphatic rings. The molecule has 0 radical (unpaired) electrons. The summed E-state index contributed by atoms with van der Waals surface area (Å²) in [6.45, 7) is 0. The third-order valence-corrected chi connectivity index (χ3v) is 6.23. The molecule has 1 unspecified atom stereocenters. The Morgan fingerprint density at radius 3 is 2.55 bits per heavy atom. The number of anilines is 1.